The lowest BCUT2D eigenvalue weighted by Crippen LogP contribution is -2.38. The quantitative estimate of drug-likeness (QED) is 0.797. The lowest BCUT2D eigenvalue weighted by molar-refractivity contribution is -0.127. The summed E-state index contributed by atoms with van der Waals surface area (Å²) in [5.41, 5.74) is 1.34. The van der Waals surface area contributed by atoms with Gasteiger partial charge in [-0.2, -0.15) is 0 Å². The van der Waals surface area contributed by atoms with E-state index in [-0.39, 0.29) is 17.7 Å². The summed E-state index contributed by atoms with van der Waals surface area (Å²) in [6, 6.07) is 11.4. The SMILES string of the molecule is O=C(NCCCN1CCCC1=O)[C@@H]1C[C@H](c2ccccc2)N2CCC[C@@H]12. The second kappa shape index (κ2) is 7.78. The molecule has 0 aliphatic carbocycles. The maximum Gasteiger partial charge on any atom is 0.224 e. The number of likely N-dealkylation sites (tertiary alicyclic amines) is 1. The number of nitrogens with one attached hydrogen (secondary N) is 1. The average molecular weight is 355 g/mol. The minimum atomic E-state index is 0.0936. The standard InChI is InChI=1S/C21H29N3O2/c25-20-10-5-12-23(20)13-6-11-22-21(26)17-15-19(16-7-2-1-3-8-16)24-14-4-9-18(17)24/h1-3,7-8,17-19H,4-6,9-15H2,(H,22,26)/t17-,18+,19-/m1/s1. The van der Waals surface area contributed by atoms with E-state index in [4.69, 9.17) is 0 Å². The van der Waals surface area contributed by atoms with Crippen LogP contribution in [0.15, 0.2) is 30.3 Å². The molecule has 0 radical (unpaired) electrons. The Morgan fingerprint density at radius 1 is 1.15 bits per heavy atom. The molecule has 0 unspecified atom stereocenters. The second-order valence-corrected chi connectivity index (χ2v) is 7.85. The van der Waals surface area contributed by atoms with Gasteiger partial charge in [0, 0.05) is 38.1 Å². The van der Waals surface area contributed by atoms with E-state index in [1.165, 1.54) is 12.0 Å². The van der Waals surface area contributed by atoms with Crippen molar-refractivity contribution < 1.29 is 9.59 Å². The van der Waals surface area contributed by atoms with Gasteiger partial charge in [0.1, 0.15) is 0 Å². The number of benzene rings is 1. The van der Waals surface area contributed by atoms with Crippen molar-refractivity contribution in [2.75, 3.05) is 26.2 Å². The molecule has 1 aromatic rings. The van der Waals surface area contributed by atoms with Gasteiger partial charge in [0.25, 0.3) is 0 Å². The van der Waals surface area contributed by atoms with Crippen LogP contribution in [0.3, 0.4) is 0 Å². The van der Waals surface area contributed by atoms with Gasteiger partial charge in [0.2, 0.25) is 11.8 Å². The third-order valence-electron chi connectivity index (χ3n) is 6.28. The van der Waals surface area contributed by atoms with Gasteiger partial charge in [0.15, 0.2) is 0 Å². The van der Waals surface area contributed by atoms with Crippen LogP contribution in [0.5, 0.6) is 0 Å². The van der Waals surface area contributed by atoms with Gasteiger partial charge < -0.3 is 10.2 Å². The zero-order valence-electron chi connectivity index (χ0n) is 15.4. The van der Waals surface area contributed by atoms with Crippen LogP contribution in [0.2, 0.25) is 0 Å². The number of hydrogen-bond donors (Lipinski definition) is 1. The first-order valence-corrected chi connectivity index (χ1v) is 10.1. The lowest BCUT2D eigenvalue weighted by Gasteiger charge is -2.24. The van der Waals surface area contributed by atoms with Crippen molar-refractivity contribution in [3.63, 3.8) is 0 Å². The smallest absolute Gasteiger partial charge is 0.224 e. The number of fused-ring (bicyclic) bond motifs is 1. The summed E-state index contributed by atoms with van der Waals surface area (Å²) in [4.78, 5) is 28.9. The van der Waals surface area contributed by atoms with Gasteiger partial charge >= 0.3 is 0 Å². The van der Waals surface area contributed by atoms with E-state index in [0.29, 0.717) is 25.0 Å². The number of hydrogen-bond acceptors (Lipinski definition) is 3. The fraction of sp³-hybridized carbons (Fsp3) is 0.619. The first-order valence-electron chi connectivity index (χ1n) is 10.1. The fourth-order valence-electron chi connectivity index (χ4n) is 5.00. The Balaban J connectivity index is 1.30. The van der Waals surface area contributed by atoms with Gasteiger partial charge in [-0.05, 0) is 44.2 Å². The van der Waals surface area contributed by atoms with E-state index in [0.717, 1.165) is 45.3 Å². The molecule has 140 valence electrons. The molecule has 26 heavy (non-hydrogen) atoms. The van der Waals surface area contributed by atoms with E-state index in [1.807, 2.05) is 4.90 Å². The molecule has 2 amide bonds. The first-order chi connectivity index (χ1) is 12.7. The first kappa shape index (κ1) is 17.5. The van der Waals surface area contributed by atoms with E-state index >= 15 is 0 Å². The number of nitrogens with zero attached hydrogens (tertiary/aromatic N) is 2. The van der Waals surface area contributed by atoms with E-state index < -0.39 is 0 Å². The molecule has 0 bridgehead atoms. The molecular formula is C21H29N3O2. The van der Waals surface area contributed by atoms with Crippen LogP contribution in [0.1, 0.15) is 50.1 Å². The molecule has 0 saturated carbocycles. The molecular weight excluding hydrogens is 326 g/mol. The maximum absolute atomic E-state index is 12.8. The molecule has 5 nitrogen and oxygen atoms in total. The van der Waals surface area contributed by atoms with Crippen molar-refractivity contribution in [3.05, 3.63) is 35.9 Å². The minimum absolute atomic E-state index is 0.0936. The monoisotopic (exact) mass is 355 g/mol. The zero-order chi connectivity index (χ0) is 17.9. The molecule has 0 aromatic heterocycles. The molecule has 3 saturated heterocycles. The fourth-order valence-corrected chi connectivity index (χ4v) is 5.00. The molecule has 1 aromatic carbocycles. The van der Waals surface area contributed by atoms with E-state index in [9.17, 15) is 9.59 Å². The van der Waals surface area contributed by atoms with Crippen LogP contribution in [0.25, 0.3) is 0 Å². The normalized spacial score (nSPS) is 28.5. The molecule has 3 aliphatic heterocycles. The van der Waals surface area contributed by atoms with Crippen molar-refractivity contribution >= 4 is 11.8 Å². The molecule has 5 heteroatoms. The van der Waals surface area contributed by atoms with Crippen molar-refractivity contribution in [1.82, 2.24) is 15.1 Å². The van der Waals surface area contributed by atoms with Crippen molar-refractivity contribution in [2.45, 2.75) is 50.6 Å². The number of carbonyl (C=O) groups is 2. The average Bonchev–Trinajstić information content (AvgIpc) is 3.36. The highest BCUT2D eigenvalue weighted by Gasteiger charge is 2.46. The number of rotatable bonds is 6. The molecule has 0 spiro atoms. The zero-order valence-corrected chi connectivity index (χ0v) is 15.4. The predicted octanol–water partition coefficient (Wildman–Crippen LogP) is 2.34. The Labute approximate surface area is 155 Å². The van der Waals surface area contributed by atoms with Gasteiger partial charge in [-0.1, -0.05) is 30.3 Å². The molecule has 3 aliphatic rings. The largest absolute Gasteiger partial charge is 0.356 e. The minimum Gasteiger partial charge on any atom is -0.356 e. The molecule has 3 atom stereocenters. The summed E-state index contributed by atoms with van der Waals surface area (Å²) >= 11 is 0. The summed E-state index contributed by atoms with van der Waals surface area (Å²) in [6.45, 7) is 3.42. The summed E-state index contributed by atoms with van der Waals surface area (Å²) < 4.78 is 0. The molecule has 3 fully saturated rings. The van der Waals surface area contributed by atoms with Crippen LogP contribution in [-0.4, -0.2) is 53.8 Å². The van der Waals surface area contributed by atoms with Crippen molar-refractivity contribution in [2.24, 2.45) is 5.92 Å². The number of carbonyl (C=O) groups excluding carboxylic acids is 2. The van der Waals surface area contributed by atoms with E-state index in [1.54, 1.807) is 0 Å². The second-order valence-electron chi connectivity index (χ2n) is 7.85. The Hall–Kier alpha value is -1.88. The highest BCUT2D eigenvalue weighted by atomic mass is 16.2. The number of amides is 2. The predicted molar refractivity (Wildman–Crippen MR) is 100 cm³/mol. The van der Waals surface area contributed by atoms with Crippen LogP contribution in [0.4, 0.5) is 0 Å². The highest BCUT2D eigenvalue weighted by molar-refractivity contribution is 5.80. The third kappa shape index (κ3) is 3.50. The van der Waals surface area contributed by atoms with Crippen LogP contribution >= 0.6 is 0 Å². The van der Waals surface area contributed by atoms with Gasteiger partial charge in [-0.3, -0.25) is 14.5 Å². The summed E-state index contributed by atoms with van der Waals surface area (Å²) in [5.74, 6) is 0.559. The van der Waals surface area contributed by atoms with Crippen LogP contribution < -0.4 is 5.32 Å². The van der Waals surface area contributed by atoms with Crippen LogP contribution in [0, 0.1) is 5.92 Å². The summed E-state index contributed by atoms with van der Waals surface area (Å²) in [7, 11) is 0. The molecule has 3 heterocycles. The van der Waals surface area contributed by atoms with E-state index in [2.05, 4.69) is 40.5 Å². The Kier molecular flexibility index (Phi) is 5.25. The topological polar surface area (TPSA) is 52.7 Å². The summed E-state index contributed by atoms with van der Waals surface area (Å²) in [5, 5.41) is 3.14. The van der Waals surface area contributed by atoms with Gasteiger partial charge in [0.05, 0.1) is 5.92 Å². The molecule has 1 N–H and O–H groups in total. The van der Waals surface area contributed by atoms with Gasteiger partial charge in [-0.25, -0.2) is 0 Å². The van der Waals surface area contributed by atoms with Crippen molar-refractivity contribution in [3.8, 4) is 0 Å². The highest BCUT2D eigenvalue weighted by Crippen LogP contribution is 2.44. The summed E-state index contributed by atoms with van der Waals surface area (Å²) in [6.07, 6.45) is 5.75. The Bertz CT molecular complexity index is 648. The maximum atomic E-state index is 12.8. The molecule has 4 rings (SSSR count). The van der Waals surface area contributed by atoms with Crippen molar-refractivity contribution in [1.29, 1.82) is 0 Å². The van der Waals surface area contributed by atoms with Crippen LogP contribution in [-0.2, 0) is 9.59 Å². The lowest BCUT2D eigenvalue weighted by atomic mass is 9.93. The third-order valence-corrected chi connectivity index (χ3v) is 6.28. The Morgan fingerprint density at radius 3 is 2.77 bits per heavy atom. The Morgan fingerprint density at radius 2 is 2.00 bits per heavy atom. The van der Waals surface area contributed by atoms with Gasteiger partial charge in [-0.15, -0.1) is 0 Å².